The fourth-order valence-electron chi connectivity index (χ4n) is 3.64. The second-order valence-corrected chi connectivity index (χ2v) is 7.58. The molecule has 1 aliphatic heterocycles. The van der Waals surface area contributed by atoms with E-state index in [9.17, 15) is 4.79 Å². The molecule has 1 fully saturated rings. The number of guanidine groups is 1. The zero-order valence-corrected chi connectivity index (χ0v) is 18.8. The van der Waals surface area contributed by atoms with Crippen molar-refractivity contribution in [3.05, 3.63) is 60.2 Å². The van der Waals surface area contributed by atoms with Gasteiger partial charge in [0, 0.05) is 52.0 Å². The minimum absolute atomic E-state index is 0.0703. The molecule has 3 rings (SSSR count). The van der Waals surface area contributed by atoms with Crippen LogP contribution >= 0.6 is 0 Å². The summed E-state index contributed by atoms with van der Waals surface area (Å²) in [7, 11) is 3.64. The Labute approximate surface area is 185 Å². The van der Waals surface area contributed by atoms with Gasteiger partial charge in [0.05, 0.1) is 7.11 Å². The van der Waals surface area contributed by atoms with Gasteiger partial charge in [-0.3, -0.25) is 4.79 Å². The molecule has 0 saturated carbocycles. The number of piperazine rings is 1. The van der Waals surface area contributed by atoms with Crippen molar-refractivity contribution in [2.45, 2.75) is 13.5 Å². The van der Waals surface area contributed by atoms with Gasteiger partial charge in [0.15, 0.2) is 5.96 Å². The van der Waals surface area contributed by atoms with Gasteiger partial charge in [-0.2, -0.15) is 0 Å². The summed E-state index contributed by atoms with van der Waals surface area (Å²) in [6, 6.07) is 18.3. The first-order valence-electron chi connectivity index (χ1n) is 10.8. The standard InChI is InChI=1S/C24H33N5O2/c1-4-25-24(27(2)19-20-10-12-22(31-3)13-11-20)26-18-23(30)29-16-14-28(15-17-29)21-8-6-5-7-9-21/h5-13H,4,14-19H2,1-3H3,(H,25,26). The quantitative estimate of drug-likeness (QED) is 0.548. The van der Waals surface area contributed by atoms with Crippen molar-refractivity contribution in [3.63, 3.8) is 0 Å². The molecular weight excluding hydrogens is 390 g/mol. The number of carbonyl (C=O) groups excluding carboxylic acids is 1. The largest absolute Gasteiger partial charge is 0.497 e. The van der Waals surface area contributed by atoms with Crippen LogP contribution < -0.4 is 15.0 Å². The Morgan fingerprint density at radius 3 is 2.35 bits per heavy atom. The fourth-order valence-corrected chi connectivity index (χ4v) is 3.64. The van der Waals surface area contributed by atoms with Crippen LogP contribution in [0.3, 0.4) is 0 Å². The number of hydrogen-bond acceptors (Lipinski definition) is 4. The highest BCUT2D eigenvalue weighted by atomic mass is 16.5. The highest BCUT2D eigenvalue weighted by Gasteiger charge is 2.21. The number of aliphatic imine (C=N–C) groups is 1. The van der Waals surface area contributed by atoms with Gasteiger partial charge in [-0.1, -0.05) is 30.3 Å². The third-order valence-electron chi connectivity index (χ3n) is 5.39. The van der Waals surface area contributed by atoms with Crippen LogP contribution in [0.1, 0.15) is 12.5 Å². The Morgan fingerprint density at radius 2 is 1.74 bits per heavy atom. The number of anilines is 1. The molecule has 0 aliphatic carbocycles. The first-order chi connectivity index (χ1) is 15.1. The Kier molecular flexibility index (Phi) is 8.15. The zero-order chi connectivity index (χ0) is 22.1. The lowest BCUT2D eigenvalue weighted by molar-refractivity contribution is -0.129. The van der Waals surface area contributed by atoms with Gasteiger partial charge >= 0.3 is 0 Å². The van der Waals surface area contributed by atoms with Gasteiger partial charge in [0.2, 0.25) is 5.91 Å². The summed E-state index contributed by atoms with van der Waals surface area (Å²) in [6.07, 6.45) is 0. The molecule has 2 aromatic rings. The molecule has 2 aromatic carbocycles. The van der Waals surface area contributed by atoms with Crippen molar-refractivity contribution in [1.82, 2.24) is 15.1 Å². The van der Waals surface area contributed by atoms with Crippen molar-refractivity contribution in [3.8, 4) is 5.75 Å². The maximum atomic E-state index is 12.7. The molecule has 166 valence electrons. The number of amides is 1. The van der Waals surface area contributed by atoms with Crippen LogP contribution in [0.25, 0.3) is 0 Å². The normalized spacial score (nSPS) is 14.4. The average molecular weight is 424 g/mol. The van der Waals surface area contributed by atoms with Gasteiger partial charge in [-0.25, -0.2) is 4.99 Å². The van der Waals surface area contributed by atoms with E-state index in [0.717, 1.165) is 50.0 Å². The summed E-state index contributed by atoms with van der Waals surface area (Å²) in [6.45, 7) is 6.76. The van der Waals surface area contributed by atoms with Crippen LogP contribution in [0.15, 0.2) is 59.6 Å². The highest BCUT2D eigenvalue weighted by molar-refractivity contribution is 5.85. The molecular formula is C24H33N5O2. The van der Waals surface area contributed by atoms with Crippen LogP contribution in [-0.4, -0.2) is 75.1 Å². The van der Waals surface area contributed by atoms with Gasteiger partial charge in [0.25, 0.3) is 0 Å². The summed E-state index contributed by atoms with van der Waals surface area (Å²) in [5.41, 5.74) is 2.36. The third-order valence-corrected chi connectivity index (χ3v) is 5.39. The summed E-state index contributed by atoms with van der Waals surface area (Å²) < 4.78 is 5.22. The number of rotatable bonds is 7. The van der Waals surface area contributed by atoms with Gasteiger partial charge in [0.1, 0.15) is 12.3 Å². The molecule has 0 radical (unpaired) electrons. The predicted molar refractivity (Wildman–Crippen MR) is 126 cm³/mol. The number of hydrogen-bond donors (Lipinski definition) is 1. The molecule has 1 saturated heterocycles. The zero-order valence-electron chi connectivity index (χ0n) is 18.8. The number of ether oxygens (including phenoxy) is 1. The minimum Gasteiger partial charge on any atom is -0.497 e. The molecule has 1 N–H and O–H groups in total. The number of benzene rings is 2. The SMILES string of the molecule is CCNC(=NCC(=O)N1CCN(c2ccccc2)CC1)N(C)Cc1ccc(OC)cc1. The van der Waals surface area contributed by atoms with Gasteiger partial charge < -0.3 is 24.8 Å². The predicted octanol–water partition coefficient (Wildman–Crippen LogP) is 2.44. The molecule has 0 unspecified atom stereocenters. The van der Waals surface area contributed by atoms with E-state index in [1.165, 1.54) is 5.69 Å². The van der Waals surface area contributed by atoms with Crippen molar-refractivity contribution >= 4 is 17.6 Å². The van der Waals surface area contributed by atoms with E-state index in [1.807, 2.05) is 66.2 Å². The second-order valence-electron chi connectivity index (χ2n) is 7.58. The smallest absolute Gasteiger partial charge is 0.244 e. The van der Waals surface area contributed by atoms with E-state index in [1.54, 1.807) is 7.11 Å². The maximum absolute atomic E-state index is 12.7. The van der Waals surface area contributed by atoms with Crippen LogP contribution in [0.4, 0.5) is 5.69 Å². The van der Waals surface area contributed by atoms with Crippen molar-refractivity contribution in [2.75, 3.05) is 58.3 Å². The topological polar surface area (TPSA) is 60.4 Å². The number of carbonyl (C=O) groups is 1. The number of nitrogens with zero attached hydrogens (tertiary/aromatic N) is 4. The van der Waals surface area contributed by atoms with Crippen molar-refractivity contribution in [2.24, 2.45) is 4.99 Å². The summed E-state index contributed by atoms with van der Waals surface area (Å²) >= 11 is 0. The highest BCUT2D eigenvalue weighted by Crippen LogP contribution is 2.16. The Bertz CT molecular complexity index is 846. The molecule has 7 heteroatoms. The summed E-state index contributed by atoms with van der Waals surface area (Å²) in [5.74, 6) is 1.64. The van der Waals surface area contributed by atoms with Crippen molar-refractivity contribution in [1.29, 1.82) is 0 Å². The van der Waals surface area contributed by atoms with E-state index < -0.39 is 0 Å². The molecule has 0 bridgehead atoms. The summed E-state index contributed by atoms with van der Waals surface area (Å²) in [4.78, 5) is 23.6. The molecule has 0 aromatic heterocycles. The average Bonchev–Trinajstić information content (AvgIpc) is 2.82. The molecule has 7 nitrogen and oxygen atoms in total. The van der Waals surface area contributed by atoms with E-state index in [4.69, 9.17) is 4.74 Å². The monoisotopic (exact) mass is 423 g/mol. The van der Waals surface area contributed by atoms with E-state index >= 15 is 0 Å². The second kappa shape index (κ2) is 11.2. The Balaban J connectivity index is 1.53. The minimum atomic E-state index is 0.0703. The van der Waals surface area contributed by atoms with Crippen LogP contribution in [0.2, 0.25) is 0 Å². The van der Waals surface area contributed by atoms with Gasteiger partial charge in [-0.15, -0.1) is 0 Å². The number of nitrogens with one attached hydrogen (secondary N) is 1. The molecule has 1 heterocycles. The molecule has 1 aliphatic rings. The lowest BCUT2D eigenvalue weighted by Gasteiger charge is -2.36. The maximum Gasteiger partial charge on any atom is 0.244 e. The van der Waals surface area contributed by atoms with E-state index in [2.05, 4.69) is 27.3 Å². The fraction of sp³-hybridized carbons (Fsp3) is 0.417. The van der Waals surface area contributed by atoms with Crippen molar-refractivity contribution < 1.29 is 9.53 Å². The van der Waals surface area contributed by atoms with Gasteiger partial charge in [-0.05, 0) is 36.8 Å². The molecule has 1 amide bonds. The molecule has 0 atom stereocenters. The van der Waals surface area contributed by atoms with Crippen LogP contribution in [-0.2, 0) is 11.3 Å². The van der Waals surface area contributed by atoms with E-state index in [-0.39, 0.29) is 12.5 Å². The first-order valence-corrected chi connectivity index (χ1v) is 10.8. The molecule has 31 heavy (non-hydrogen) atoms. The Hall–Kier alpha value is -3.22. The number of methoxy groups -OCH3 is 1. The lowest BCUT2D eigenvalue weighted by Crippen LogP contribution is -2.49. The molecule has 0 spiro atoms. The summed E-state index contributed by atoms with van der Waals surface area (Å²) in [5, 5.41) is 3.28. The Morgan fingerprint density at radius 1 is 1.06 bits per heavy atom. The lowest BCUT2D eigenvalue weighted by atomic mass is 10.2. The number of para-hydroxylation sites is 1. The van der Waals surface area contributed by atoms with Crippen LogP contribution in [0.5, 0.6) is 5.75 Å². The van der Waals surface area contributed by atoms with E-state index in [0.29, 0.717) is 6.54 Å². The third kappa shape index (κ3) is 6.38. The first kappa shape index (κ1) is 22.5. The van der Waals surface area contributed by atoms with Crippen LogP contribution in [0, 0.1) is 0 Å².